The van der Waals surface area contributed by atoms with Crippen LogP contribution >= 0.6 is 0 Å². The average Bonchev–Trinajstić information content (AvgIpc) is 3.15. The zero-order chi connectivity index (χ0) is 18.6. The van der Waals surface area contributed by atoms with E-state index in [-0.39, 0.29) is 6.61 Å². The largest absolute Gasteiger partial charge is 0.456 e. The molecule has 0 aliphatic carbocycles. The van der Waals surface area contributed by atoms with E-state index in [1.54, 1.807) is 24.3 Å². The molecule has 27 heavy (non-hydrogen) atoms. The van der Waals surface area contributed by atoms with Crippen molar-refractivity contribution < 1.29 is 9.53 Å². The quantitative estimate of drug-likeness (QED) is 0.515. The lowest BCUT2D eigenvalue weighted by Gasteiger charge is -2.10. The maximum absolute atomic E-state index is 12.7. The number of imidazole rings is 1. The Bertz CT molecular complexity index is 1140. The summed E-state index contributed by atoms with van der Waals surface area (Å²) in [5, 5.41) is 9.35. The van der Waals surface area contributed by atoms with Gasteiger partial charge in [-0.25, -0.2) is 9.78 Å². The molecule has 4 aromatic rings. The molecule has 5 nitrogen and oxygen atoms in total. The van der Waals surface area contributed by atoms with Crippen molar-refractivity contribution in [2.75, 3.05) is 0 Å². The standard InChI is InChI=1S/C22H15N3O2/c23-13-16-7-1-2-8-18(16)19-9-3-4-10-20(19)22(26)27-15-17-14-25-12-6-5-11-21(25)24-17/h1-12,14H,15H2. The third-order valence-electron chi connectivity index (χ3n) is 4.25. The first-order valence-corrected chi connectivity index (χ1v) is 8.44. The number of rotatable bonds is 4. The summed E-state index contributed by atoms with van der Waals surface area (Å²) in [7, 11) is 0. The molecular formula is C22H15N3O2. The summed E-state index contributed by atoms with van der Waals surface area (Å²) in [4.78, 5) is 17.1. The van der Waals surface area contributed by atoms with Crippen molar-refractivity contribution in [3.63, 3.8) is 0 Å². The molecule has 0 aliphatic rings. The molecule has 0 radical (unpaired) electrons. The number of benzene rings is 2. The van der Waals surface area contributed by atoms with Crippen LogP contribution < -0.4 is 0 Å². The van der Waals surface area contributed by atoms with E-state index in [2.05, 4.69) is 11.1 Å². The van der Waals surface area contributed by atoms with Crippen LogP contribution in [0, 0.1) is 11.3 Å². The van der Waals surface area contributed by atoms with Crippen molar-refractivity contribution in [2.24, 2.45) is 0 Å². The average molecular weight is 353 g/mol. The number of nitriles is 1. The Morgan fingerprint density at radius 2 is 1.74 bits per heavy atom. The van der Waals surface area contributed by atoms with Crippen molar-refractivity contribution in [1.82, 2.24) is 9.38 Å². The number of nitrogens with zero attached hydrogens (tertiary/aromatic N) is 3. The highest BCUT2D eigenvalue weighted by Crippen LogP contribution is 2.27. The molecule has 0 N–H and O–H groups in total. The maximum atomic E-state index is 12.7. The van der Waals surface area contributed by atoms with Crippen LogP contribution in [-0.2, 0) is 11.3 Å². The number of carbonyl (C=O) groups is 1. The first-order valence-electron chi connectivity index (χ1n) is 8.44. The third-order valence-corrected chi connectivity index (χ3v) is 4.25. The van der Waals surface area contributed by atoms with Gasteiger partial charge in [0.25, 0.3) is 0 Å². The molecule has 2 aromatic heterocycles. The summed E-state index contributed by atoms with van der Waals surface area (Å²) >= 11 is 0. The van der Waals surface area contributed by atoms with E-state index in [9.17, 15) is 10.1 Å². The summed E-state index contributed by atoms with van der Waals surface area (Å²) < 4.78 is 7.36. The number of aromatic nitrogens is 2. The lowest BCUT2D eigenvalue weighted by molar-refractivity contribution is 0.0469. The summed E-state index contributed by atoms with van der Waals surface area (Å²) in [5.41, 5.74) is 3.79. The molecule has 130 valence electrons. The number of fused-ring (bicyclic) bond motifs is 1. The Hall–Kier alpha value is -3.91. The van der Waals surface area contributed by atoms with Gasteiger partial charge in [-0.05, 0) is 29.8 Å². The zero-order valence-electron chi connectivity index (χ0n) is 14.4. The van der Waals surface area contributed by atoms with Crippen molar-refractivity contribution in [3.8, 4) is 17.2 Å². The third kappa shape index (κ3) is 3.29. The van der Waals surface area contributed by atoms with Gasteiger partial charge in [-0.2, -0.15) is 5.26 Å². The molecule has 0 unspecified atom stereocenters. The van der Waals surface area contributed by atoms with Crippen LogP contribution in [0.4, 0.5) is 0 Å². The highest BCUT2D eigenvalue weighted by atomic mass is 16.5. The summed E-state index contributed by atoms with van der Waals surface area (Å²) in [6.45, 7) is 0.0781. The molecule has 0 bridgehead atoms. The molecule has 4 rings (SSSR count). The van der Waals surface area contributed by atoms with E-state index >= 15 is 0 Å². The predicted octanol–water partition coefficient (Wildman–Crippen LogP) is 4.23. The van der Waals surface area contributed by atoms with Crippen LogP contribution in [0.2, 0.25) is 0 Å². The minimum absolute atomic E-state index is 0.0781. The van der Waals surface area contributed by atoms with Crippen LogP contribution in [0.5, 0.6) is 0 Å². The molecule has 2 heterocycles. The zero-order valence-corrected chi connectivity index (χ0v) is 14.4. The van der Waals surface area contributed by atoms with Crippen LogP contribution in [0.3, 0.4) is 0 Å². The molecule has 0 saturated heterocycles. The van der Waals surface area contributed by atoms with E-state index in [4.69, 9.17) is 4.74 Å². The Balaban J connectivity index is 1.60. The normalized spacial score (nSPS) is 10.5. The van der Waals surface area contributed by atoms with Gasteiger partial charge in [0, 0.05) is 18.0 Å². The second-order valence-corrected chi connectivity index (χ2v) is 5.98. The fourth-order valence-electron chi connectivity index (χ4n) is 2.99. The number of ether oxygens (including phenoxy) is 1. The predicted molar refractivity (Wildman–Crippen MR) is 101 cm³/mol. The smallest absolute Gasteiger partial charge is 0.339 e. The molecule has 0 spiro atoms. The van der Waals surface area contributed by atoms with Crippen molar-refractivity contribution >= 4 is 11.6 Å². The molecule has 0 saturated carbocycles. The molecule has 0 aliphatic heterocycles. The first-order chi connectivity index (χ1) is 13.3. The first kappa shape index (κ1) is 16.6. The van der Waals surface area contributed by atoms with E-state index < -0.39 is 5.97 Å². The van der Waals surface area contributed by atoms with E-state index in [1.165, 1.54) is 0 Å². The summed E-state index contributed by atoms with van der Waals surface area (Å²) in [6, 6.07) is 22.2. The van der Waals surface area contributed by atoms with Gasteiger partial charge in [-0.1, -0.05) is 42.5 Å². The topological polar surface area (TPSA) is 67.4 Å². The highest BCUT2D eigenvalue weighted by molar-refractivity contribution is 5.98. The number of carbonyl (C=O) groups excluding carboxylic acids is 1. The molecule has 0 fully saturated rings. The number of hydrogen-bond donors (Lipinski definition) is 0. The maximum Gasteiger partial charge on any atom is 0.339 e. The van der Waals surface area contributed by atoms with Gasteiger partial charge in [-0.15, -0.1) is 0 Å². The van der Waals surface area contributed by atoms with Crippen LogP contribution in [0.25, 0.3) is 16.8 Å². The molecule has 2 aromatic carbocycles. The minimum atomic E-state index is -0.449. The second-order valence-electron chi connectivity index (χ2n) is 5.98. The lowest BCUT2D eigenvalue weighted by atomic mass is 9.96. The highest BCUT2D eigenvalue weighted by Gasteiger charge is 2.16. The van der Waals surface area contributed by atoms with Gasteiger partial charge >= 0.3 is 5.97 Å². The minimum Gasteiger partial charge on any atom is -0.456 e. The fourth-order valence-corrected chi connectivity index (χ4v) is 2.99. The van der Waals surface area contributed by atoms with Gasteiger partial charge in [0.15, 0.2) is 0 Å². The van der Waals surface area contributed by atoms with Gasteiger partial charge in [-0.3, -0.25) is 0 Å². The van der Waals surface area contributed by atoms with Gasteiger partial charge in [0.05, 0.1) is 22.9 Å². The van der Waals surface area contributed by atoms with Crippen molar-refractivity contribution in [1.29, 1.82) is 5.26 Å². The molecule has 0 amide bonds. The van der Waals surface area contributed by atoms with Crippen molar-refractivity contribution in [2.45, 2.75) is 6.61 Å². The SMILES string of the molecule is N#Cc1ccccc1-c1ccccc1C(=O)OCc1cn2ccccc2n1. The Morgan fingerprint density at radius 1 is 1.00 bits per heavy atom. The number of esters is 1. The Morgan fingerprint density at radius 3 is 2.56 bits per heavy atom. The van der Waals surface area contributed by atoms with Crippen LogP contribution in [0.1, 0.15) is 21.6 Å². The van der Waals surface area contributed by atoms with Crippen molar-refractivity contribution in [3.05, 3.63) is 95.9 Å². The van der Waals surface area contributed by atoms with Gasteiger partial charge < -0.3 is 9.14 Å². The van der Waals surface area contributed by atoms with Gasteiger partial charge in [0.2, 0.25) is 0 Å². The van der Waals surface area contributed by atoms with E-state index in [0.717, 1.165) is 5.65 Å². The Labute approximate surface area is 156 Å². The molecule has 0 atom stereocenters. The summed E-state index contributed by atoms with van der Waals surface area (Å²) in [5.74, 6) is -0.449. The van der Waals surface area contributed by atoms with Gasteiger partial charge in [0.1, 0.15) is 12.3 Å². The molecular weight excluding hydrogens is 338 g/mol. The van der Waals surface area contributed by atoms with E-state index in [0.29, 0.717) is 27.9 Å². The fraction of sp³-hybridized carbons (Fsp3) is 0.0455. The second kappa shape index (κ2) is 7.14. The summed E-state index contributed by atoms with van der Waals surface area (Å²) in [6.07, 6.45) is 3.72. The molecule has 5 heteroatoms. The van der Waals surface area contributed by atoms with Crippen LogP contribution in [-0.4, -0.2) is 15.4 Å². The lowest BCUT2D eigenvalue weighted by Crippen LogP contribution is -2.07. The van der Waals surface area contributed by atoms with E-state index in [1.807, 2.05) is 59.3 Å². The van der Waals surface area contributed by atoms with Crippen LogP contribution in [0.15, 0.2) is 79.1 Å². The Kier molecular flexibility index (Phi) is 4.38. The monoisotopic (exact) mass is 353 g/mol. The number of hydrogen-bond acceptors (Lipinski definition) is 4. The number of pyridine rings is 1.